The molecule has 6 heteroatoms. The molecular formula is C13H21BrN4O. The molecule has 5 nitrogen and oxygen atoms in total. The van der Waals surface area contributed by atoms with Crippen LogP contribution in [0.3, 0.4) is 0 Å². The van der Waals surface area contributed by atoms with E-state index < -0.39 is 0 Å². The molecule has 0 spiro atoms. The Morgan fingerprint density at radius 1 is 1.53 bits per heavy atom. The number of aryl methyl sites for hydroxylation is 1. The van der Waals surface area contributed by atoms with Gasteiger partial charge in [-0.05, 0) is 49.2 Å². The maximum absolute atomic E-state index is 12.0. The summed E-state index contributed by atoms with van der Waals surface area (Å²) in [7, 11) is 3.65. The summed E-state index contributed by atoms with van der Waals surface area (Å²) < 4.78 is 1.97. The zero-order valence-corrected chi connectivity index (χ0v) is 13.3. The third-order valence-corrected chi connectivity index (χ3v) is 4.70. The lowest BCUT2D eigenvalue weighted by atomic mass is 9.96. The molecule has 2 heterocycles. The van der Waals surface area contributed by atoms with Crippen LogP contribution in [0.2, 0.25) is 0 Å². The Hall–Kier alpha value is -0.880. The molecule has 1 fully saturated rings. The highest BCUT2D eigenvalue weighted by Crippen LogP contribution is 2.29. The minimum atomic E-state index is -0.0843. The van der Waals surface area contributed by atoms with Crippen LogP contribution >= 0.6 is 15.9 Å². The largest absolute Gasteiger partial charge is 0.365 e. The first-order valence-corrected chi connectivity index (χ1v) is 7.51. The van der Waals surface area contributed by atoms with E-state index in [0.29, 0.717) is 16.6 Å². The Bertz CT molecular complexity index is 502. The van der Waals surface area contributed by atoms with Crippen LogP contribution < -0.4 is 15.8 Å². The molecule has 2 atom stereocenters. The molecule has 2 rings (SSSR count). The number of aromatic nitrogens is 2. The van der Waals surface area contributed by atoms with Crippen LogP contribution in [0, 0.1) is 0 Å². The Labute approximate surface area is 122 Å². The molecule has 106 valence electrons. The number of nitrogens with one attached hydrogen (secondary N) is 1. The summed E-state index contributed by atoms with van der Waals surface area (Å²) in [6.45, 7) is 3.16. The van der Waals surface area contributed by atoms with Crippen molar-refractivity contribution < 1.29 is 0 Å². The number of piperidine rings is 1. The minimum absolute atomic E-state index is 0.0843. The summed E-state index contributed by atoms with van der Waals surface area (Å²) in [4.78, 5) is 14.3. The molecule has 0 amide bonds. The van der Waals surface area contributed by atoms with Gasteiger partial charge in [-0.15, -0.1) is 0 Å². The van der Waals surface area contributed by atoms with Gasteiger partial charge in [-0.1, -0.05) is 0 Å². The van der Waals surface area contributed by atoms with Gasteiger partial charge in [0.2, 0.25) is 0 Å². The second-order valence-electron chi connectivity index (χ2n) is 5.11. The van der Waals surface area contributed by atoms with Gasteiger partial charge in [0.15, 0.2) is 0 Å². The molecule has 0 bridgehead atoms. The highest BCUT2D eigenvalue weighted by atomic mass is 79.9. The maximum Gasteiger partial charge on any atom is 0.282 e. The van der Waals surface area contributed by atoms with Gasteiger partial charge >= 0.3 is 0 Å². The van der Waals surface area contributed by atoms with Crippen molar-refractivity contribution in [2.75, 3.05) is 18.5 Å². The monoisotopic (exact) mass is 328 g/mol. The van der Waals surface area contributed by atoms with Crippen molar-refractivity contribution in [1.82, 2.24) is 15.1 Å². The lowest BCUT2D eigenvalue weighted by molar-refractivity contribution is 0.381. The van der Waals surface area contributed by atoms with E-state index >= 15 is 0 Å². The first-order chi connectivity index (χ1) is 9.06. The van der Waals surface area contributed by atoms with Crippen LogP contribution in [-0.4, -0.2) is 35.5 Å². The number of rotatable bonds is 3. The predicted molar refractivity (Wildman–Crippen MR) is 80.7 cm³/mol. The third-order valence-electron chi connectivity index (χ3n) is 3.95. The molecule has 1 aliphatic heterocycles. The highest BCUT2D eigenvalue weighted by molar-refractivity contribution is 9.10. The molecular weight excluding hydrogens is 308 g/mol. The quantitative estimate of drug-likeness (QED) is 0.913. The van der Waals surface area contributed by atoms with Gasteiger partial charge in [0.1, 0.15) is 4.47 Å². The first kappa shape index (κ1) is 14.5. The lowest BCUT2D eigenvalue weighted by Crippen LogP contribution is -2.51. The first-order valence-electron chi connectivity index (χ1n) is 6.72. The van der Waals surface area contributed by atoms with Crippen molar-refractivity contribution in [3.63, 3.8) is 0 Å². The van der Waals surface area contributed by atoms with Crippen LogP contribution in [0.4, 0.5) is 5.69 Å². The topological polar surface area (TPSA) is 50.2 Å². The van der Waals surface area contributed by atoms with Gasteiger partial charge in [0, 0.05) is 25.7 Å². The van der Waals surface area contributed by atoms with E-state index in [1.165, 1.54) is 11.1 Å². The molecule has 0 aliphatic carbocycles. The van der Waals surface area contributed by atoms with Gasteiger partial charge in [-0.3, -0.25) is 4.79 Å². The van der Waals surface area contributed by atoms with Gasteiger partial charge in [0.25, 0.3) is 5.56 Å². The number of likely N-dealkylation sites (N-methyl/N-ethyl adjacent to an activating group) is 1. The van der Waals surface area contributed by atoms with Crippen molar-refractivity contribution in [3.8, 4) is 0 Å². The van der Waals surface area contributed by atoms with E-state index in [2.05, 4.69) is 38.2 Å². The molecule has 0 radical (unpaired) electrons. The summed E-state index contributed by atoms with van der Waals surface area (Å²) in [6.07, 6.45) is 5.33. The van der Waals surface area contributed by atoms with E-state index in [1.54, 1.807) is 13.2 Å². The number of hydrogen-bond donors (Lipinski definition) is 1. The Balaban J connectivity index is 2.38. The van der Waals surface area contributed by atoms with E-state index in [0.717, 1.165) is 25.1 Å². The van der Waals surface area contributed by atoms with Crippen molar-refractivity contribution >= 4 is 21.6 Å². The summed E-state index contributed by atoms with van der Waals surface area (Å²) in [5.41, 5.74) is 0.828. The average Bonchev–Trinajstić information content (AvgIpc) is 2.44. The molecule has 19 heavy (non-hydrogen) atoms. The predicted octanol–water partition coefficient (Wildman–Crippen LogP) is 1.51. The second-order valence-corrected chi connectivity index (χ2v) is 5.90. The van der Waals surface area contributed by atoms with Gasteiger partial charge in [0.05, 0.1) is 11.9 Å². The molecule has 1 saturated heterocycles. The summed E-state index contributed by atoms with van der Waals surface area (Å²) in [5.74, 6) is 0. The van der Waals surface area contributed by atoms with E-state index in [-0.39, 0.29) is 5.56 Å². The molecule has 1 aromatic rings. The number of halogens is 1. The van der Waals surface area contributed by atoms with Crippen molar-refractivity contribution in [2.24, 2.45) is 7.05 Å². The van der Waals surface area contributed by atoms with Crippen LogP contribution in [0.25, 0.3) is 0 Å². The Morgan fingerprint density at radius 3 is 2.95 bits per heavy atom. The molecule has 2 unspecified atom stereocenters. The van der Waals surface area contributed by atoms with Crippen molar-refractivity contribution in [2.45, 2.75) is 38.3 Å². The fourth-order valence-corrected chi connectivity index (χ4v) is 3.26. The zero-order valence-electron chi connectivity index (χ0n) is 11.7. The van der Waals surface area contributed by atoms with Gasteiger partial charge in [-0.2, -0.15) is 5.10 Å². The summed E-state index contributed by atoms with van der Waals surface area (Å²) in [5, 5.41) is 7.47. The molecule has 0 saturated carbocycles. The zero-order chi connectivity index (χ0) is 14.0. The maximum atomic E-state index is 12.0. The number of nitrogens with zero attached hydrogens (tertiary/aromatic N) is 3. The van der Waals surface area contributed by atoms with Crippen molar-refractivity contribution in [1.29, 1.82) is 0 Å². The fourth-order valence-electron chi connectivity index (χ4n) is 2.67. The fraction of sp³-hybridized carbons (Fsp3) is 0.692. The van der Waals surface area contributed by atoms with E-state index in [1.807, 2.05) is 7.05 Å². The standard InChI is InChI=1S/C13H21BrN4O/c1-9(15-2)10-6-4-5-7-18(10)11-8-16-17(3)13(19)12(11)14/h8-10,15H,4-7H2,1-3H3. The molecule has 1 aliphatic rings. The highest BCUT2D eigenvalue weighted by Gasteiger charge is 2.28. The van der Waals surface area contributed by atoms with Crippen LogP contribution in [0.1, 0.15) is 26.2 Å². The van der Waals surface area contributed by atoms with Gasteiger partial charge in [-0.25, -0.2) is 4.68 Å². The number of hydrogen-bond acceptors (Lipinski definition) is 4. The second kappa shape index (κ2) is 6.05. The van der Waals surface area contributed by atoms with E-state index in [9.17, 15) is 4.79 Å². The number of anilines is 1. The van der Waals surface area contributed by atoms with Crippen LogP contribution in [0.5, 0.6) is 0 Å². The Kier molecular flexibility index (Phi) is 4.62. The lowest BCUT2D eigenvalue weighted by Gasteiger charge is -2.41. The molecule has 1 aromatic heterocycles. The van der Waals surface area contributed by atoms with Crippen LogP contribution in [-0.2, 0) is 7.05 Å². The Morgan fingerprint density at radius 2 is 2.26 bits per heavy atom. The molecule has 1 N–H and O–H groups in total. The third kappa shape index (κ3) is 2.84. The smallest absolute Gasteiger partial charge is 0.282 e. The normalized spacial score (nSPS) is 21.5. The van der Waals surface area contributed by atoms with Gasteiger partial charge < -0.3 is 10.2 Å². The van der Waals surface area contributed by atoms with Crippen LogP contribution in [0.15, 0.2) is 15.5 Å². The SMILES string of the molecule is CNC(C)C1CCCCN1c1cnn(C)c(=O)c1Br. The molecule has 0 aromatic carbocycles. The van der Waals surface area contributed by atoms with E-state index in [4.69, 9.17) is 0 Å². The summed E-state index contributed by atoms with van der Waals surface area (Å²) in [6, 6.07) is 0.792. The average molecular weight is 329 g/mol. The minimum Gasteiger partial charge on any atom is -0.365 e. The summed E-state index contributed by atoms with van der Waals surface area (Å²) >= 11 is 3.43. The van der Waals surface area contributed by atoms with Crippen molar-refractivity contribution in [3.05, 3.63) is 21.0 Å².